The molecule has 0 aliphatic heterocycles. The standard InChI is InChI=1S/C18H16F3N3O2/c1-12-3-8-15(26-12)11-23(2)17(25)13-4-6-14(7-5-13)24-10-9-16(22-24)18(19,20)21/h3-10H,11H2,1-2H3. The zero-order valence-corrected chi connectivity index (χ0v) is 14.1. The maximum absolute atomic E-state index is 12.6. The minimum absolute atomic E-state index is 0.220. The summed E-state index contributed by atoms with van der Waals surface area (Å²) in [5, 5.41) is 3.50. The number of aryl methyl sites for hydroxylation is 1. The van der Waals surface area contributed by atoms with Crippen LogP contribution >= 0.6 is 0 Å². The molecule has 0 aliphatic rings. The number of nitrogens with zero attached hydrogens (tertiary/aromatic N) is 3. The predicted molar refractivity (Wildman–Crippen MR) is 87.8 cm³/mol. The first-order valence-corrected chi connectivity index (χ1v) is 7.78. The summed E-state index contributed by atoms with van der Waals surface area (Å²) in [6, 6.07) is 10.7. The van der Waals surface area contributed by atoms with Crippen LogP contribution in [0.4, 0.5) is 13.2 Å². The van der Waals surface area contributed by atoms with Crippen LogP contribution in [-0.4, -0.2) is 27.6 Å². The van der Waals surface area contributed by atoms with E-state index in [9.17, 15) is 18.0 Å². The lowest BCUT2D eigenvalue weighted by Crippen LogP contribution is -2.25. The molecule has 0 fully saturated rings. The van der Waals surface area contributed by atoms with E-state index in [1.54, 1.807) is 37.4 Å². The van der Waals surface area contributed by atoms with E-state index >= 15 is 0 Å². The molecule has 0 atom stereocenters. The zero-order valence-electron chi connectivity index (χ0n) is 14.1. The number of alkyl halides is 3. The second-order valence-electron chi connectivity index (χ2n) is 5.86. The van der Waals surface area contributed by atoms with Crippen LogP contribution in [-0.2, 0) is 12.7 Å². The van der Waals surface area contributed by atoms with E-state index in [1.165, 1.54) is 11.1 Å². The van der Waals surface area contributed by atoms with Gasteiger partial charge in [0.05, 0.1) is 12.2 Å². The van der Waals surface area contributed by atoms with E-state index in [-0.39, 0.29) is 5.91 Å². The molecule has 8 heteroatoms. The molecule has 26 heavy (non-hydrogen) atoms. The fourth-order valence-corrected chi connectivity index (χ4v) is 2.47. The highest BCUT2D eigenvalue weighted by Crippen LogP contribution is 2.27. The summed E-state index contributed by atoms with van der Waals surface area (Å²) < 4.78 is 44.4. The highest BCUT2D eigenvalue weighted by molar-refractivity contribution is 5.94. The molecule has 0 aliphatic carbocycles. The van der Waals surface area contributed by atoms with Crippen LogP contribution < -0.4 is 0 Å². The Morgan fingerprint density at radius 2 is 1.85 bits per heavy atom. The second kappa shape index (κ2) is 6.70. The van der Waals surface area contributed by atoms with Crippen LogP contribution in [0.15, 0.2) is 53.1 Å². The lowest BCUT2D eigenvalue weighted by atomic mass is 10.2. The van der Waals surface area contributed by atoms with Gasteiger partial charge < -0.3 is 9.32 Å². The van der Waals surface area contributed by atoms with Gasteiger partial charge in [-0.25, -0.2) is 4.68 Å². The van der Waals surface area contributed by atoms with Gasteiger partial charge in [-0.05, 0) is 49.4 Å². The Labute approximate surface area is 147 Å². The van der Waals surface area contributed by atoms with Gasteiger partial charge in [0.25, 0.3) is 5.91 Å². The molecular formula is C18H16F3N3O2. The van der Waals surface area contributed by atoms with Gasteiger partial charge in [-0.1, -0.05) is 0 Å². The van der Waals surface area contributed by atoms with Gasteiger partial charge in [0.15, 0.2) is 5.69 Å². The largest absolute Gasteiger partial charge is 0.464 e. The number of aromatic nitrogens is 2. The summed E-state index contributed by atoms with van der Waals surface area (Å²) >= 11 is 0. The van der Waals surface area contributed by atoms with Crippen molar-refractivity contribution in [2.45, 2.75) is 19.6 Å². The molecule has 2 heterocycles. The van der Waals surface area contributed by atoms with Crippen LogP contribution in [0.3, 0.4) is 0 Å². The number of carbonyl (C=O) groups is 1. The first kappa shape index (κ1) is 17.8. The van der Waals surface area contributed by atoms with E-state index in [0.29, 0.717) is 23.6 Å². The minimum Gasteiger partial charge on any atom is -0.464 e. The number of hydrogen-bond acceptors (Lipinski definition) is 3. The topological polar surface area (TPSA) is 51.3 Å². The molecule has 3 aromatic rings. The molecule has 1 aromatic carbocycles. The molecule has 0 saturated heterocycles. The van der Waals surface area contributed by atoms with Crippen molar-refractivity contribution in [1.82, 2.24) is 14.7 Å². The predicted octanol–water partition coefficient (Wildman–Crippen LogP) is 4.06. The van der Waals surface area contributed by atoms with Crippen molar-refractivity contribution in [3.05, 3.63) is 71.4 Å². The Morgan fingerprint density at radius 3 is 2.38 bits per heavy atom. The quantitative estimate of drug-likeness (QED) is 0.702. The summed E-state index contributed by atoms with van der Waals surface area (Å²) in [5.74, 6) is 1.22. The van der Waals surface area contributed by atoms with E-state index in [2.05, 4.69) is 5.10 Å². The fourth-order valence-electron chi connectivity index (χ4n) is 2.47. The van der Waals surface area contributed by atoms with Gasteiger partial charge in [-0.3, -0.25) is 4.79 Å². The van der Waals surface area contributed by atoms with Crippen molar-refractivity contribution >= 4 is 5.91 Å². The first-order valence-electron chi connectivity index (χ1n) is 7.78. The summed E-state index contributed by atoms with van der Waals surface area (Å²) in [6.07, 6.45) is -3.26. The average Bonchev–Trinajstić information content (AvgIpc) is 3.23. The van der Waals surface area contributed by atoms with Gasteiger partial charge >= 0.3 is 6.18 Å². The minimum atomic E-state index is -4.49. The van der Waals surface area contributed by atoms with Crippen LogP contribution in [0, 0.1) is 6.92 Å². The van der Waals surface area contributed by atoms with Crippen molar-refractivity contribution in [1.29, 1.82) is 0 Å². The van der Waals surface area contributed by atoms with E-state index in [0.717, 1.165) is 16.5 Å². The van der Waals surface area contributed by atoms with E-state index in [4.69, 9.17) is 4.42 Å². The highest BCUT2D eigenvalue weighted by atomic mass is 19.4. The molecular weight excluding hydrogens is 347 g/mol. The normalized spacial score (nSPS) is 11.6. The third-order valence-electron chi connectivity index (χ3n) is 3.79. The van der Waals surface area contributed by atoms with Crippen molar-refractivity contribution in [3.8, 4) is 5.69 Å². The molecule has 136 valence electrons. The Balaban J connectivity index is 1.72. The van der Waals surface area contributed by atoms with Gasteiger partial charge in [0, 0.05) is 18.8 Å². The number of rotatable bonds is 4. The number of halogens is 3. The SMILES string of the molecule is Cc1ccc(CN(C)C(=O)c2ccc(-n3ccc(C(F)(F)F)n3)cc2)o1. The van der Waals surface area contributed by atoms with Crippen LogP contribution in [0.25, 0.3) is 5.69 Å². The van der Waals surface area contributed by atoms with Gasteiger partial charge in [0.1, 0.15) is 11.5 Å². The van der Waals surface area contributed by atoms with Crippen molar-refractivity contribution in [3.63, 3.8) is 0 Å². The molecule has 5 nitrogen and oxygen atoms in total. The van der Waals surface area contributed by atoms with Gasteiger partial charge in [-0.2, -0.15) is 18.3 Å². The lowest BCUT2D eigenvalue weighted by Gasteiger charge is -2.16. The number of hydrogen-bond donors (Lipinski definition) is 0. The molecule has 0 bridgehead atoms. The van der Waals surface area contributed by atoms with Crippen molar-refractivity contribution in [2.24, 2.45) is 0 Å². The molecule has 0 unspecified atom stereocenters. The van der Waals surface area contributed by atoms with E-state index < -0.39 is 11.9 Å². The second-order valence-corrected chi connectivity index (χ2v) is 5.86. The molecule has 0 radical (unpaired) electrons. The smallest absolute Gasteiger partial charge is 0.435 e. The third-order valence-corrected chi connectivity index (χ3v) is 3.79. The molecule has 3 rings (SSSR count). The Kier molecular flexibility index (Phi) is 4.58. The summed E-state index contributed by atoms with van der Waals surface area (Å²) in [7, 11) is 1.65. The Bertz CT molecular complexity index is 910. The molecule has 0 saturated carbocycles. The summed E-state index contributed by atoms with van der Waals surface area (Å²) in [5.41, 5.74) is -0.116. The third kappa shape index (κ3) is 3.79. The number of carbonyl (C=O) groups excluding carboxylic acids is 1. The highest BCUT2D eigenvalue weighted by Gasteiger charge is 2.33. The molecule has 0 spiro atoms. The zero-order chi connectivity index (χ0) is 18.9. The van der Waals surface area contributed by atoms with Crippen LogP contribution in [0.1, 0.15) is 27.6 Å². The monoisotopic (exact) mass is 363 g/mol. The number of amides is 1. The van der Waals surface area contributed by atoms with Crippen molar-refractivity contribution in [2.75, 3.05) is 7.05 Å². The molecule has 0 N–H and O–H groups in total. The maximum Gasteiger partial charge on any atom is 0.435 e. The summed E-state index contributed by atoms with van der Waals surface area (Å²) in [6.45, 7) is 2.14. The van der Waals surface area contributed by atoms with Crippen LogP contribution in [0.2, 0.25) is 0 Å². The first-order chi connectivity index (χ1) is 12.2. The van der Waals surface area contributed by atoms with Crippen molar-refractivity contribution < 1.29 is 22.4 Å². The Morgan fingerprint density at radius 1 is 1.15 bits per heavy atom. The molecule has 1 amide bonds. The average molecular weight is 363 g/mol. The van der Waals surface area contributed by atoms with Gasteiger partial charge in [0.2, 0.25) is 0 Å². The number of benzene rings is 1. The lowest BCUT2D eigenvalue weighted by molar-refractivity contribution is -0.141. The summed E-state index contributed by atoms with van der Waals surface area (Å²) in [4.78, 5) is 14.0. The fraction of sp³-hybridized carbons (Fsp3) is 0.222. The number of furan rings is 1. The van der Waals surface area contributed by atoms with Gasteiger partial charge in [-0.15, -0.1) is 0 Å². The van der Waals surface area contributed by atoms with Crippen LogP contribution in [0.5, 0.6) is 0 Å². The maximum atomic E-state index is 12.6. The van der Waals surface area contributed by atoms with E-state index in [1.807, 2.05) is 13.0 Å². The Hall–Kier alpha value is -3.03. The molecule has 2 aromatic heterocycles.